The molecule has 4 heteroatoms. The molecular weight excluding hydrogens is 264 g/mol. The average Bonchev–Trinajstić information content (AvgIpc) is 2.38. The van der Waals surface area contributed by atoms with Gasteiger partial charge in [-0.2, -0.15) is 0 Å². The van der Waals surface area contributed by atoms with Gasteiger partial charge in [0, 0.05) is 11.4 Å². The number of rotatable bonds is 9. The summed E-state index contributed by atoms with van der Waals surface area (Å²) < 4.78 is 5.72. The smallest absolute Gasteiger partial charge is 0.303 e. The van der Waals surface area contributed by atoms with Crippen LogP contribution in [0.3, 0.4) is 0 Å². The third-order valence-electron chi connectivity index (χ3n) is 2.89. The Bertz CT molecular complexity index is 404. The fourth-order valence-electron chi connectivity index (χ4n) is 1.84. The van der Waals surface area contributed by atoms with Gasteiger partial charge in [-0.05, 0) is 36.6 Å². The van der Waals surface area contributed by atoms with Gasteiger partial charge in [-0.3, -0.25) is 4.79 Å². The Hall–Kier alpha value is -1.22. The van der Waals surface area contributed by atoms with Gasteiger partial charge in [0.2, 0.25) is 0 Å². The van der Waals surface area contributed by atoms with Crippen molar-refractivity contribution >= 4 is 17.6 Å². The molecule has 1 aromatic carbocycles. The van der Waals surface area contributed by atoms with Crippen molar-refractivity contribution in [1.29, 1.82) is 0 Å². The van der Waals surface area contributed by atoms with Crippen LogP contribution in [-0.2, 0) is 11.2 Å². The van der Waals surface area contributed by atoms with Crippen molar-refractivity contribution in [2.45, 2.75) is 45.4 Å². The number of hydrogen-bond donors (Lipinski definition) is 1. The Morgan fingerprint density at radius 1 is 1.32 bits per heavy atom. The molecule has 1 aromatic rings. The number of benzene rings is 1. The number of carbonyl (C=O) groups is 1. The maximum Gasteiger partial charge on any atom is 0.303 e. The standard InChI is InChI=1S/C15H21ClO3/c1-2-3-4-5-10-19-14-8-7-13(16)11-12(14)6-9-15(17)18/h7-8,11H,2-6,9-10H2,1H3,(H,17,18). The Labute approximate surface area is 119 Å². The quantitative estimate of drug-likeness (QED) is 0.687. The highest BCUT2D eigenvalue weighted by Gasteiger charge is 2.07. The van der Waals surface area contributed by atoms with E-state index < -0.39 is 5.97 Å². The topological polar surface area (TPSA) is 46.5 Å². The molecule has 0 aliphatic carbocycles. The molecule has 0 heterocycles. The minimum absolute atomic E-state index is 0.0898. The first-order valence-corrected chi connectivity index (χ1v) is 7.14. The summed E-state index contributed by atoms with van der Waals surface area (Å²) in [7, 11) is 0. The van der Waals surface area contributed by atoms with Crippen molar-refractivity contribution in [3.05, 3.63) is 28.8 Å². The zero-order chi connectivity index (χ0) is 14.1. The monoisotopic (exact) mass is 284 g/mol. The normalized spacial score (nSPS) is 10.4. The summed E-state index contributed by atoms with van der Waals surface area (Å²) in [6, 6.07) is 5.37. The second-order valence-electron chi connectivity index (χ2n) is 4.55. The van der Waals surface area contributed by atoms with Gasteiger partial charge in [0.1, 0.15) is 5.75 Å². The third-order valence-corrected chi connectivity index (χ3v) is 3.12. The Morgan fingerprint density at radius 3 is 2.79 bits per heavy atom. The Balaban J connectivity index is 2.52. The van der Waals surface area contributed by atoms with E-state index in [2.05, 4.69) is 6.92 Å². The molecule has 0 aliphatic rings. The Kier molecular flexibility index (Phi) is 7.34. The fourth-order valence-corrected chi connectivity index (χ4v) is 2.03. The zero-order valence-electron chi connectivity index (χ0n) is 11.3. The fraction of sp³-hybridized carbons (Fsp3) is 0.533. The van der Waals surface area contributed by atoms with Gasteiger partial charge in [0.25, 0.3) is 0 Å². The van der Waals surface area contributed by atoms with Gasteiger partial charge < -0.3 is 9.84 Å². The van der Waals surface area contributed by atoms with E-state index in [1.807, 2.05) is 6.07 Å². The van der Waals surface area contributed by atoms with E-state index in [1.54, 1.807) is 12.1 Å². The summed E-state index contributed by atoms with van der Waals surface area (Å²) in [6.07, 6.45) is 5.14. The van der Waals surface area contributed by atoms with Crippen molar-refractivity contribution in [2.75, 3.05) is 6.61 Å². The second kappa shape index (κ2) is 8.81. The highest BCUT2D eigenvalue weighted by atomic mass is 35.5. The largest absolute Gasteiger partial charge is 0.493 e. The summed E-state index contributed by atoms with van der Waals surface area (Å²) in [5.74, 6) is -0.0592. The van der Waals surface area contributed by atoms with Crippen LogP contribution < -0.4 is 4.74 Å². The van der Waals surface area contributed by atoms with Crippen LogP contribution >= 0.6 is 11.6 Å². The van der Waals surface area contributed by atoms with Crippen molar-refractivity contribution < 1.29 is 14.6 Å². The first-order chi connectivity index (χ1) is 9.13. The molecule has 0 unspecified atom stereocenters. The molecule has 0 saturated heterocycles. The van der Waals surface area contributed by atoms with Crippen LogP contribution in [0, 0.1) is 0 Å². The molecule has 3 nitrogen and oxygen atoms in total. The van der Waals surface area contributed by atoms with Crippen LogP contribution in [0.1, 0.15) is 44.6 Å². The van der Waals surface area contributed by atoms with Crippen LogP contribution in [-0.4, -0.2) is 17.7 Å². The molecule has 0 fully saturated rings. The van der Waals surface area contributed by atoms with E-state index in [-0.39, 0.29) is 6.42 Å². The highest BCUT2D eigenvalue weighted by molar-refractivity contribution is 6.30. The first kappa shape index (κ1) is 15.8. The van der Waals surface area contributed by atoms with Gasteiger partial charge >= 0.3 is 5.97 Å². The second-order valence-corrected chi connectivity index (χ2v) is 4.99. The van der Waals surface area contributed by atoms with E-state index in [0.29, 0.717) is 18.1 Å². The zero-order valence-corrected chi connectivity index (χ0v) is 12.1. The molecule has 0 saturated carbocycles. The number of halogens is 1. The number of aryl methyl sites for hydroxylation is 1. The van der Waals surface area contributed by atoms with Crippen LogP contribution in [0.2, 0.25) is 5.02 Å². The van der Waals surface area contributed by atoms with E-state index in [4.69, 9.17) is 21.4 Å². The maximum atomic E-state index is 10.6. The van der Waals surface area contributed by atoms with E-state index >= 15 is 0 Å². The average molecular weight is 285 g/mol. The molecule has 0 radical (unpaired) electrons. The Morgan fingerprint density at radius 2 is 2.11 bits per heavy atom. The maximum absolute atomic E-state index is 10.6. The lowest BCUT2D eigenvalue weighted by Crippen LogP contribution is -2.03. The summed E-state index contributed by atoms with van der Waals surface area (Å²) >= 11 is 5.93. The molecule has 1 rings (SSSR count). The third kappa shape index (κ3) is 6.48. The lowest BCUT2D eigenvalue weighted by Gasteiger charge is -2.11. The van der Waals surface area contributed by atoms with Crippen LogP contribution in [0.5, 0.6) is 5.75 Å². The van der Waals surface area contributed by atoms with Gasteiger partial charge in [0.15, 0.2) is 0 Å². The predicted octanol–water partition coefficient (Wildman–Crippen LogP) is 4.32. The predicted molar refractivity (Wildman–Crippen MR) is 77.0 cm³/mol. The molecule has 1 N–H and O–H groups in total. The lowest BCUT2D eigenvalue weighted by atomic mass is 10.1. The van der Waals surface area contributed by atoms with Crippen LogP contribution in [0.25, 0.3) is 0 Å². The number of carboxylic acids is 1. The molecule has 0 spiro atoms. The molecule has 0 aromatic heterocycles. The molecular formula is C15H21ClO3. The van der Waals surface area contributed by atoms with Crippen molar-refractivity contribution in [3.63, 3.8) is 0 Å². The number of carboxylic acid groups (broad SMARTS) is 1. The van der Waals surface area contributed by atoms with Crippen LogP contribution in [0.4, 0.5) is 0 Å². The first-order valence-electron chi connectivity index (χ1n) is 6.76. The molecule has 0 amide bonds. The van der Waals surface area contributed by atoms with Crippen molar-refractivity contribution in [3.8, 4) is 5.75 Å². The SMILES string of the molecule is CCCCCCOc1ccc(Cl)cc1CCC(=O)O. The highest BCUT2D eigenvalue weighted by Crippen LogP contribution is 2.24. The van der Waals surface area contributed by atoms with E-state index in [0.717, 1.165) is 24.2 Å². The summed E-state index contributed by atoms with van der Waals surface area (Å²) in [4.78, 5) is 10.6. The van der Waals surface area contributed by atoms with Crippen molar-refractivity contribution in [2.24, 2.45) is 0 Å². The molecule has 0 aliphatic heterocycles. The molecule has 0 atom stereocenters. The molecule has 106 valence electrons. The minimum atomic E-state index is -0.811. The number of ether oxygens (including phenoxy) is 1. The number of aliphatic carboxylic acids is 1. The van der Waals surface area contributed by atoms with Gasteiger partial charge in [-0.25, -0.2) is 0 Å². The minimum Gasteiger partial charge on any atom is -0.493 e. The van der Waals surface area contributed by atoms with Gasteiger partial charge in [-0.15, -0.1) is 0 Å². The summed E-state index contributed by atoms with van der Waals surface area (Å²) in [5, 5.41) is 9.34. The van der Waals surface area contributed by atoms with Crippen molar-refractivity contribution in [1.82, 2.24) is 0 Å². The lowest BCUT2D eigenvalue weighted by molar-refractivity contribution is -0.136. The number of hydrogen-bond acceptors (Lipinski definition) is 2. The number of unbranched alkanes of at least 4 members (excludes halogenated alkanes) is 3. The molecule has 19 heavy (non-hydrogen) atoms. The van der Waals surface area contributed by atoms with Gasteiger partial charge in [-0.1, -0.05) is 37.8 Å². The van der Waals surface area contributed by atoms with Gasteiger partial charge in [0.05, 0.1) is 6.61 Å². The van der Waals surface area contributed by atoms with Crippen LogP contribution in [0.15, 0.2) is 18.2 Å². The summed E-state index contributed by atoms with van der Waals surface area (Å²) in [6.45, 7) is 2.84. The molecule has 0 bridgehead atoms. The summed E-state index contributed by atoms with van der Waals surface area (Å²) in [5.41, 5.74) is 0.866. The van der Waals surface area contributed by atoms with E-state index in [9.17, 15) is 4.79 Å². The van der Waals surface area contributed by atoms with E-state index in [1.165, 1.54) is 12.8 Å².